The quantitative estimate of drug-likeness (QED) is 0.821. The van der Waals surface area contributed by atoms with Crippen LogP contribution in [0.5, 0.6) is 0 Å². The number of anilines is 1. The molecule has 1 aliphatic rings. The van der Waals surface area contributed by atoms with Crippen LogP contribution in [-0.4, -0.2) is 43.0 Å². The molecule has 1 fully saturated rings. The number of benzene rings is 1. The summed E-state index contributed by atoms with van der Waals surface area (Å²) in [5.74, 6) is 0.532. The number of likely N-dealkylation sites (tertiary alicyclic amines) is 1. The number of piperidine rings is 1. The first-order chi connectivity index (χ1) is 11.8. The number of carbonyl (C=O) groups excluding carboxylic acids is 1. The first-order valence-corrected chi connectivity index (χ1v) is 8.67. The van der Waals surface area contributed by atoms with Crippen LogP contribution in [0.3, 0.4) is 0 Å². The lowest BCUT2D eigenvalue weighted by Crippen LogP contribution is -2.46. The SMILES string of the molecule is CC1CCN(C(C)CNC(=O)CNc2cccc(C(F)(F)F)c2)CC1. The molecule has 0 spiro atoms. The van der Waals surface area contributed by atoms with E-state index in [4.69, 9.17) is 0 Å². The van der Waals surface area contributed by atoms with Crippen LogP contribution in [-0.2, 0) is 11.0 Å². The second-order valence-corrected chi connectivity index (χ2v) is 6.80. The zero-order valence-electron chi connectivity index (χ0n) is 14.7. The van der Waals surface area contributed by atoms with Crippen molar-refractivity contribution < 1.29 is 18.0 Å². The van der Waals surface area contributed by atoms with Crippen molar-refractivity contribution in [3.8, 4) is 0 Å². The Morgan fingerprint density at radius 3 is 2.64 bits per heavy atom. The van der Waals surface area contributed by atoms with Gasteiger partial charge >= 0.3 is 6.18 Å². The zero-order chi connectivity index (χ0) is 18.4. The van der Waals surface area contributed by atoms with Gasteiger partial charge < -0.3 is 10.6 Å². The Balaban J connectivity index is 1.74. The van der Waals surface area contributed by atoms with E-state index in [1.54, 1.807) is 0 Å². The van der Waals surface area contributed by atoms with Gasteiger partial charge in [-0.2, -0.15) is 13.2 Å². The Hall–Kier alpha value is -1.76. The molecule has 2 N–H and O–H groups in total. The highest BCUT2D eigenvalue weighted by Crippen LogP contribution is 2.30. The maximum absolute atomic E-state index is 12.7. The molecule has 0 saturated carbocycles. The minimum Gasteiger partial charge on any atom is -0.376 e. The van der Waals surface area contributed by atoms with Crippen LogP contribution in [0.15, 0.2) is 24.3 Å². The average molecular weight is 357 g/mol. The largest absolute Gasteiger partial charge is 0.416 e. The van der Waals surface area contributed by atoms with E-state index in [-0.39, 0.29) is 24.2 Å². The van der Waals surface area contributed by atoms with E-state index < -0.39 is 11.7 Å². The van der Waals surface area contributed by atoms with Crippen LogP contribution >= 0.6 is 0 Å². The fourth-order valence-corrected chi connectivity index (χ4v) is 2.91. The summed E-state index contributed by atoms with van der Waals surface area (Å²) in [5.41, 5.74) is -0.450. The van der Waals surface area contributed by atoms with E-state index in [0.717, 1.165) is 31.1 Å². The van der Waals surface area contributed by atoms with E-state index in [0.29, 0.717) is 6.54 Å². The van der Waals surface area contributed by atoms with Crippen LogP contribution in [0.4, 0.5) is 18.9 Å². The Morgan fingerprint density at radius 1 is 1.32 bits per heavy atom. The van der Waals surface area contributed by atoms with Crippen molar-refractivity contribution in [1.82, 2.24) is 10.2 Å². The Morgan fingerprint density at radius 2 is 2.00 bits per heavy atom. The van der Waals surface area contributed by atoms with E-state index >= 15 is 0 Å². The highest BCUT2D eigenvalue weighted by atomic mass is 19.4. The number of halogens is 3. The lowest BCUT2D eigenvalue weighted by Gasteiger charge is -2.35. The summed E-state index contributed by atoms with van der Waals surface area (Å²) in [4.78, 5) is 14.3. The molecule has 1 atom stereocenters. The topological polar surface area (TPSA) is 44.4 Å². The van der Waals surface area contributed by atoms with Crippen molar-refractivity contribution in [2.45, 2.75) is 38.9 Å². The monoisotopic (exact) mass is 357 g/mol. The summed E-state index contributed by atoms with van der Waals surface area (Å²) in [6.07, 6.45) is -2.04. The molecule has 1 amide bonds. The highest BCUT2D eigenvalue weighted by Gasteiger charge is 2.30. The number of hydrogen-bond donors (Lipinski definition) is 2. The third-order valence-corrected chi connectivity index (χ3v) is 4.68. The molecule has 1 saturated heterocycles. The maximum atomic E-state index is 12.7. The third kappa shape index (κ3) is 6.23. The highest BCUT2D eigenvalue weighted by molar-refractivity contribution is 5.80. The van der Waals surface area contributed by atoms with Gasteiger partial charge in [0.25, 0.3) is 0 Å². The molecule has 4 nitrogen and oxygen atoms in total. The van der Waals surface area contributed by atoms with Gasteiger partial charge in [-0.25, -0.2) is 0 Å². The maximum Gasteiger partial charge on any atom is 0.416 e. The van der Waals surface area contributed by atoms with Gasteiger partial charge in [0.05, 0.1) is 12.1 Å². The fourth-order valence-electron chi connectivity index (χ4n) is 2.91. The minimum atomic E-state index is -4.39. The van der Waals surface area contributed by atoms with Gasteiger partial charge in [-0.3, -0.25) is 9.69 Å². The van der Waals surface area contributed by atoms with Crippen molar-refractivity contribution >= 4 is 11.6 Å². The number of amides is 1. The summed E-state index contributed by atoms with van der Waals surface area (Å²) in [7, 11) is 0. The summed E-state index contributed by atoms with van der Waals surface area (Å²) >= 11 is 0. The Bertz CT molecular complexity index is 569. The van der Waals surface area contributed by atoms with Crippen molar-refractivity contribution in [1.29, 1.82) is 0 Å². The van der Waals surface area contributed by atoms with Crippen molar-refractivity contribution in [2.75, 3.05) is 31.5 Å². The van der Waals surface area contributed by atoms with Crippen LogP contribution in [0.25, 0.3) is 0 Å². The average Bonchev–Trinajstić information content (AvgIpc) is 2.58. The minimum absolute atomic E-state index is 0.0505. The fraction of sp³-hybridized carbons (Fsp3) is 0.611. The predicted molar refractivity (Wildman–Crippen MR) is 92.4 cm³/mol. The molecule has 1 aliphatic heterocycles. The van der Waals surface area contributed by atoms with Crippen LogP contribution in [0, 0.1) is 5.92 Å². The van der Waals surface area contributed by atoms with Crippen LogP contribution in [0.2, 0.25) is 0 Å². The molecule has 0 aromatic heterocycles. The van der Waals surface area contributed by atoms with E-state index in [1.807, 2.05) is 0 Å². The summed E-state index contributed by atoms with van der Waals surface area (Å²) in [6, 6.07) is 5.10. The lowest BCUT2D eigenvalue weighted by atomic mass is 9.98. The lowest BCUT2D eigenvalue weighted by molar-refractivity contribution is -0.137. The molecule has 1 unspecified atom stereocenters. The molecule has 2 rings (SSSR count). The normalized spacial score (nSPS) is 18.0. The molecular weight excluding hydrogens is 331 g/mol. The van der Waals surface area contributed by atoms with Crippen molar-refractivity contribution in [2.24, 2.45) is 5.92 Å². The second kappa shape index (κ2) is 8.56. The number of nitrogens with one attached hydrogen (secondary N) is 2. The first-order valence-electron chi connectivity index (χ1n) is 8.67. The molecule has 0 radical (unpaired) electrons. The molecule has 7 heteroatoms. The Kier molecular flexibility index (Phi) is 6.70. The van der Waals surface area contributed by atoms with E-state index in [9.17, 15) is 18.0 Å². The van der Waals surface area contributed by atoms with Gasteiger partial charge in [-0.05, 0) is 57.0 Å². The summed E-state index contributed by atoms with van der Waals surface area (Å²) < 4.78 is 38.0. The molecule has 1 aromatic rings. The van der Waals surface area contributed by atoms with E-state index in [2.05, 4.69) is 29.4 Å². The number of hydrogen-bond acceptors (Lipinski definition) is 3. The summed E-state index contributed by atoms with van der Waals surface area (Å²) in [5, 5.41) is 5.58. The molecule has 1 heterocycles. The van der Waals surface area contributed by atoms with Crippen LogP contribution in [0.1, 0.15) is 32.3 Å². The molecule has 25 heavy (non-hydrogen) atoms. The molecule has 140 valence electrons. The number of rotatable bonds is 6. The van der Waals surface area contributed by atoms with Crippen molar-refractivity contribution in [3.05, 3.63) is 29.8 Å². The smallest absolute Gasteiger partial charge is 0.376 e. The number of carbonyl (C=O) groups is 1. The van der Waals surface area contributed by atoms with Gasteiger partial charge in [0.15, 0.2) is 0 Å². The van der Waals surface area contributed by atoms with Gasteiger partial charge in [-0.15, -0.1) is 0 Å². The molecule has 0 bridgehead atoms. The zero-order valence-corrected chi connectivity index (χ0v) is 14.7. The third-order valence-electron chi connectivity index (χ3n) is 4.68. The number of nitrogens with zero attached hydrogens (tertiary/aromatic N) is 1. The summed E-state index contributed by atoms with van der Waals surface area (Å²) in [6.45, 7) is 6.91. The van der Waals surface area contributed by atoms with Crippen LogP contribution < -0.4 is 10.6 Å². The standard InChI is InChI=1S/C18H26F3N3O/c1-13-6-8-24(9-7-13)14(2)11-23-17(25)12-22-16-5-3-4-15(10-16)18(19,20)21/h3-5,10,13-14,22H,6-9,11-12H2,1-2H3,(H,23,25). The molecule has 0 aliphatic carbocycles. The van der Waals surface area contributed by atoms with Gasteiger partial charge in [0.2, 0.25) is 5.91 Å². The first kappa shape index (κ1) is 19.6. The Labute approximate surface area is 146 Å². The predicted octanol–water partition coefficient (Wildman–Crippen LogP) is 3.35. The molecular formula is C18H26F3N3O. The van der Waals surface area contributed by atoms with Gasteiger partial charge in [0, 0.05) is 18.3 Å². The van der Waals surface area contributed by atoms with Crippen molar-refractivity contribution in [3.63, 3.8) is 0 Å². The number of alkyl halides is 3. The van der Waals surface area contributed by atoms with E-state index in [1.165, 1.54) is 25.0 Å². The van der Waals surface area contributed by atoms with Gasteiger partial charge in [-0.1, -0.05) is 13.0 Å². The van der Waals surface area contributed by atoms with Gasteiger partial charge in [0.1, 0.15) is 0 Å². The molecule has 1 aromatic carbocycles. The second-order valence-electron chi connectivity index (χ2n) is 6.80.